The van der Waals surface area contributed by atoms with Crippen molar-refractivity contribution in [1.82, 2.24) is 4.98 Å². The lowest BCUT2D eigenvalue weighted by molar-refractivity contribution is 0.1000. The van der Waals surface area contributed by atoms with Gasteiger partial charge in [-0.15, -0.1) is 11.3 Å². The third kappa shape index (κ3) is 2.98. The Bertz CT molecular complexity index is 961. The molecule has 2 aromatic heterocycles. The number of ether oxygens (including phenoxy) is 1. The minimum absolute atomic E-state index is 0.364. The summed E-state index contributed by atoms with van der Waals surface area (Å²) in [7, 11) is 1.64. The molecule has 5 nitrogen and oxygen atoms in total. The number of nitrogens with one attached hydrogen (secondary N) is 1. The highest BCUT2D eigenvalue weighted by Crippen LogP contribution is 2.41. The zero-order valence-corrected chi connectivity index (χ0v) is 15.7. The maximum Gasteiger partial charge on any atom is 0.251 e. The fourth-order valence-electron chi connectivity index (χ4n) is 3.28. The number of hydrogen-bond donors (Lipinski definition) is 2. The minimum Gasteiger partial charge on any atom is -0.497 e. The van der Waals surface area contributed by atoms with Crippen molar-refractivity contribution in [3.05, 3.63) is 34.2 Å². The van der Waals surface area contributed by atoms with Gasteiger partial charge in [-0.05, 0) is 42.9 Å². The quantitative estimate of drug-likeness (QED) is 0.713. The fraction of sp³-hybridized carbons (Fsp3) is 0.333. The third-order valence-electron chi connectivity index (χ3n) is 4.57. The maximum atomic E-state index is 12.0. The van der Waals surface area contributed by atoms with Crippen molar-refractivity contribution >= 4 is 48.9 Å². The Kier molecular flexibility index (Phi) is 4.13. The molecule has 1 atom stereocenters. The topological polar surface area (TPSA) is 77.2 Å². The van der Waals surface area contributed by atoms with Gasteiger partial charge in [0.05, 0.1) is 22.9 Å². The first kappa shape index (κ1) is 16.4. The molecular weight excluding hydrogens is 354 g/mol. The van der Waals surface area contributed by atoms with Crippen LogP contribution in [-0.2, 0) is 12.8 Å². The van der Waals surface area contributed by atoms with Crippen LogP contribution in [0.15, 0.2) is 18.2 Å². The van der Waals surface area contributed by atoms with Crippen LogP contribution in [0.5, 0.6) is 5.75 Å². The summed E-state index contributed by atoms with van der Waals surface area (Å²) < 4.78 is 6.32. The average molecular weight is 374 g/mol. The molecule has 0 saturated carbocycles. The molecule has 3 aromatic rings. The predicted octanol–water partition coefficient (Wildman–Crippen LogP) is 4.33. The van der Waals surface area contributed by atoms with Crippen molar-refractivity contribution in [3.63, 3.8) is 0 Å². The molecule has 0 aliphatic heterocycles. The van der Waals surface area contributed by atoms with Gasteiger partial charge in [-0.3, -0.25) is 4.79 Å². The number of methoxy groups -OCH3 is 1. The van der Waals surface area contributed by atoms with Gasteiger partial charge < -0.3 is 15.8 Å². The van der Waals surface area contributed by atoms with Gasteiger partial charge in [0.25, 0.3) is 5.91 Å². The van der Waals surface area contributed by atoms with Gasteiger partial charge in [0.2, 0.25) is 0 Å². The number of anilines is 2. The number of nitrogens with two attached hydrogens (primary N) is 1. The standard InChI is InChI=1S/C18H19N3O2S2/c1-9-3-5-11-14(7-9)24-17(15(11)16(19)22)21-18-20-12-8-10(23-2)4-6-13(12)25-18/h4,6,8-9H,3,5,7H2,1-2H3,(H2,19,22)(H,20,21)/t9-/m1/s1. The third-order valence-corrected chi connectivity index (χ3v) is 6.69. The molecule has 4 rings (SSSR count). The monoisotopic (exact) mass is 373 g/mol. The van der Waals surface area contributed by atoms with E-state index in [0.717, 1.165) is 50.9 Å². The van der Waals surface area contributed by atoms with E-state index in [1.807, 2.05) is 18.2 Å². The number of carbonyl (C=O) groups is 1. The molecule has 0 saturated heterocycles. The lowest BCUT2D eigenvalue weighted by Gasteiger charge is -2.18. The molecular formula is C18H19N3O2S2. The van der Waals surface area contributed by atoms with Crippen molar-refractivity contribution in [3.8, 4) is 5.75 Å². The van der Waals surface area contributed by atoms with Crippen molar-refractivity contribution < 1.29 is 9.53 Å². The van der Waals surface area contributed by atoms with Crippen LogP contribution >= 0.6 is 22.7 Å². The molecule has 130 valence electrons. The molecule has 1 amide bonds. The number of aromatic nitrogens is 1. The summed E-state index contributed by atoms with van der Waals surface area (Å²) in [5.74, 6) is 1.06. The summed E-state index contributed by atoms with van der Waals surface area (Å²) in [5, 5.41) is 4.92. The highest BCUT2D eigenvalue weighted by Gasteiger charge is 2.26. The van der Waals surface area contributed by atoms with Gasteiger partial charge in [-0.2, -0.15) is 0 Å². The summed E-state index contributed by atoms with van der Waals surface area (Å²) in [6.07, 6.45) is 3.04. The van der Waals surface area contributed by atoms with Crippen LogP contribution in [0.4, 0.5) is 10.1 Å². The molecule has 1 aromatic carbocycles. The average Bonchev–Trinajstić information content (AvgIpc) is 3.13. The Morgan fingerprint density at radius 3 is 3.00 bits per heavy atom. The van der Waals surface area contributed by atoms with Crippen molar-refractivity contribution in [2.75, 3.05) is 12.4 Å². The fourth-order valence-corrected chi connectivity index (χ4v) is 5.61. The van der Waals surface area contributed by atoms with Crippen LogP contribution < -0.4 is 15.8 Å². The van der Waals surface area contributed by atoms with E-state index in [2.05, 4.69) is 17.2 Å². The number of thiophene rings is 1. The second-order valence-corrected chi connectivity index (χ2v) is 8.53. The van der Waals surface area contributed by atoms with E-state index in [4.69, 9.17) is 10.5 Å². The van der Waals surface area contributed by atoms with E-state index in [9.17, 15) is 4.79 Å². The summed E-state index contributed by atoms with van der Waals surface area (Å²) in [6, 6.07) is 5.82. The zero-order valence-electron chi connectivity index (χ0n) is 14.1. The van der Waals surface area contributed by atoms with Crippen LogP contribution in [0, 0.1) is 5.92 Å². The first-order valence-electron chi connectivity index (χ1n) is 8.21. The summed E-state index contributed by atoms with van der Waals surface area (Å²) >= 11 is 3.19. The van der Waals surface area contributed by atoms with E-state index in [1.165, 1.54) is 4.88 Å². The zero-order chi connectivity index (χ0) is 17.6. The summed E-state index contributed by atoms with van der Waals surface area (Å²) in [5.41, 5.74) is 8.32. The predicted molar refractivity (Wildman–Crippen MR) is 103 cm³/mol. The number of hydrogen-bond acceptors (Lipinski definition) is 6. The molecule has 0 unspecified atom stereocenters. The highest BCUT2D eigenvalue weighted by molar-refractivity contribution is 7.23. The second kappa shape index (κ2) is 6.31. The number of nitrogens with zero attached hydrogens (tertiary/aromatic N) is 1. The number of thiazole rings is 1. The van der Waals surface area contributed by atoms with Gasteiger partial charge in [-0.1, -0.05) is 18.3 Å². The van der Waals surface area contributed by atoms with E-state index in [0.29, 0.717) is 11.5 Å². The van der Waals surface area contributed by atoms with Gasteiger partial charge in [-0.25, -0.2) is 4.98 Å². The van der Waals surface area contributed by atoms with Crippen LogP contribution in [-0.4, -0.2) is 18.0 Å². The smallest absolute Gasteiger partial charge is 0.251 e. The number of fused-ring (bicyclic) bond motifs is 2. The molecule has 1 aliphatic carbocycles. The van der Waals surface area contributed by atoms with Crippen molar-refractivity contribution in [2.45, 2.75) is 26.2 Å². The van der Waals surface area contributed by atoms with Gasteiger partial charge in [0.1, 0.15) is 10.8 Å². The molecule has 0 spiro atoms. The Hall–Kier alpha value is -2.12. The van der Waals surface area contributed by atoms with E-state index in [1.54, 1.807) is 29.8 Å². The van der Waals surface area contributed by atoms with Gasteiger partial charge in [0.15, 0.2) is 5.13 Å². The number of benzene rings is 1. The van der Waals surface area contributed by atoms with Crippen molar-refractivity contribution in [1.29, 1.82) is 0 Å². The highest BCUT2D eigenvalue weighted by atomic mass is 32.1. The number of amides is 1. The van der Waals surface area contributed by atoms with E-state index < -0.39 is 0 Å². The normalized spacial score (nSPS) is 16.6. The largest absolute Gasteiger partial charge is 0.497 e. The van der Waals surface area contributed by atoms with Crippen LogP contribution in [0.3, 0.4) is 0 Å². The maximum absolute atomic E-state index is 12.0. The van der Waals surface area contributed by atoms with Crippen LogP contribution in [0.1, 0.15) is 34.1 Å². The van der Waals surface area contributed by atoms with Crippen LogP contribution in [0.2, 0.25) is 0 Å². The SMILES string of the molecule is COc1ccc2sc(Nc3sc4c(c3C(N)=O)CC[C@@H](C)C4)nc2c1. The molecule has 1 aliphatic rings. The minimum atomic E-state index is -0.364. The lowest BCUT2D eigenvalue weighted by atomic mass is 9.88. The molecule has 2 heterocycles. The molecule has 7 heteroatoms. The Morgan fingerprint density at radius 1 is 1.40 bits per heavy atom. The van der Waals surface area contributed by atoms with Crippen LogP contribution in [0.25, 0.3) is 10.2 Å². The molecule has 3 N–H and O–H groups in total. The Balaban J connectivity index is 1.72. The van der Waals surface area contributed by atoms with E-state index in [-0.39, 0.29) is 5.91 Å². The second-order valence-electron chi connectivity index (χ2n) is 6.40. The molecule has 0 radical (unpaired) electrons. The van der Waals surface area contributed by atoms with Crippen molar-refractivity contribution in [2.24, 2.45) is 11.7 Å². The van der Waals surface area contributed by atoms with Gasteiger partial charge in [0, 0.05) is 10.9 Å². The number of rotatable bonds is 4. The van der Waals surface area contributed by atoms with Gasteiger partial charge >= 0.3 is 0 Å². The summed E-state index contributed by atoms with van der Waals surface area (Å²) in [6.45, 7) is 2.25. The Morgan fingerprint density at radius 2 is 2.24 bits per heavy atom. The Labute approximate surface area is 153 Å². The first-order chi connectivity index (χ1) is 12.0. The lowest BCUT2D eigenvalue weighted by Crippen LogP contribution is -2.17. The molecule has 0 fully saturated rings. The number of carbonyl (C=O) groups excluding carboxylic acids is 1. The summed E-state index contributed by atoms with van der Waals surface area (Å²) in [4.78, 5) is 17.9. The molecule has 0 bridgehead atoms. The first-order valence-corrected chi connectivity index (χ1v) is 9.84. The number of primary amides is 1. The van der Waals surface area contributed by atoms with E-state index >= 15 is 0 Å². The molecule has 25 heavy (non-hydrogen) atoms.